The molecule has 0 saturated carbocycles. The van der Waals surface area contributed by atoms with Crippen LogP contribution in [0.2, 0.25) is 0 Å². The van der Waals surface area contributed by atoms with E-state index in [4.69, 9.17) is 0 Å². The first-order valence-corrected chi connectivity index (χ1v) is 17.7. The van der Waals surface area contributed by atoms with Crippen molar-refractivity contribution >= 4 is 3.87 Å². The molecule has 0 fully saturated rings. The van der Waals surface area contributed by atoms with E-state index < -0.39 is 0 Å². The Hall–Kier alpha value is -0.966. The minimum absolute atomic E-state index is 1.08. The Morgan fingerprint density at radius 1 is 0.488 bits per heavy atom. The van der Waals surface area contributed by atoms with Gasteiger partial charge in [-0.25, -0.2) is 0 Å². The SMILES string of the molecule is CCCC[N-]CCCC.CCCC[N-]CCCC.CCCC[N-]CCCC.[Ti+3][c]1cccc2c1Cc1ccccc1-2. The van der Waals surface area contributed by atoms with Crippen LogP contribution in [0.4, 0.5) is 0 Å². The van der Waals surface area contributed by atoms with E-state index in [1.165, 1.54) is 103 Å². The van der Waals surface area contributed by atoms with Gasteiger partial charge in [0.2, 0.25) is 0 Å². The van der Waals surface area contributed by atoms with Crippen LogP contribution in [0.5, 0.6) is 0 Å². The molecule has 0 amide bonds. The fourth-order valence-electron chi connectivity index (χ4n) is 4.11. The van der Waals surface area contributed by atoms with Gasteiger partial charge in [-0.15, -0.1) is 39.3 Å². The van der Waals surface area contributed by atoms with Crippen molar-refractivity contribution in [2.24, 2.45) is 0 Å². The number of fused-ring (bicyclic) bond motifs is 3. The van der Waals surface area contributed by atoms with E-state index >= 15 is 0 Å². The van der Waals surface area contributed by atoms with Crippen molar-refractivity contribution in [3.8, 4) is 11.1 Å². The Morgan fingerprint density at radius 3 is 1.24 bits per heavy atom. The third kappa shape index (κ3) is 21.4. The third-order valence-electron chi connectivity index (χ3n) is 6.87. The zero-order chi connectivity index (χ0) is 30.4. The standard InChI is InChI=1S/C13H9.3C8H18N.Ti/c1-3-7-12-10(5-1)9-11-6-2-4-8-13(11)12;3*1-3-5-7-9-8-6-4-2;/h1-5,7-8H,9H2;3*3-8H2,1-2H3;/q;3*-1;+3. The molecular formula is C37H63N3Ti. The van der Waals surface area contributed by atoms with Crippen LogP contribution < -0.4 is 3.87 Å². The van der Waals surface area contributed by atoms with Gasteiger partial charge in [0.1, 0.15) is 0 Å². The number of hydrogen-bond donors (Lipinski definition) is 0. The van der Waals surface area contributed by atoms with Crippen molar-refractivity contribution in [2.75, 3.05) is 39.3 Å². The van der Waals surface area contributed by atoms with Gasteiger partial charge in [-0.1, -0.05) is 119 Å². The first kappa shape index (κ1) is 40.0. The van der Waals surface area contributed by atoms with Crippen molar-refractivity contribution in [2.45, 2.75) is 125 Å². The molecule has 1 aliphatic rings. The van der Waals surface area contributed by atoms with Gasteiger partial charge < -0.3 is 16.0 Å². The molecule has 0 aliphatic heterocycles. The molecule has 0 atom stereocenters. The third-order valence-corrected chi connectivity index (χ3v) is 7.60. The van der Waals surface area contributed by atoms with Crippen LogP contribution in [0.1, 0.15) is 130 Å². The summed E-state index contributed by atoms with van der Waals surface area (Å²) in [6, 6.07) is 15.3. The summed E-state index contributed by atoms with van der Waals surface area (Å²) in [5.41, 5.74) is 5.83. The van der Waals surface area contributed by atoms with Crippen LogP contribution in [0, 0.1) is 0 Å². The number of nitrogens with zero attached hydrogens (tertiary/aromatic N) is 3. The van der Waals surface area contributed by atoms with Crippen molar-refractivity contribution in [1.29, 1.82) is 0 Å². The average molecular weight is 598 g/mol. The first-order chi connectivity index (χ1) is 20.1. The van der Waals surface area contributed by atoms with Crippen molar-refractivity contribution in [3.05, 3.63) is 69.5 Å². The van der Waals surface area contributed by atoms with E-state index in [1.54, 1.807) is 0 Å². The van der Waals surface area contributed by atoms with Gasteiger partial charge in [0.05, 0.1) is 0 Å². The van der Waals surface area contributed by atoms with Gasteiger partial charge >= 0.3 is 95.4 Å². The Labute approximate surface area is 268 Å². The second kappa shape index (κ2) is 30.5. The van der Waals surface area contributed by atoms with Crippen LogP contribution >= 0.6 is 0 Å². The molecule has 0 N–H and O–H groups in total. The Kier molecular flexibility index (Phi) is 29.8. The number of hydrogen-bond acceptors (Lipinski definition) is 0. The summed E-state index contributed by atoms with van der Waals surface area (Å²) in [4.78, 5) is 0. The molecule has 0 unspecified atom stereocenters. The van der Waals surface area contributed by atoms with E-state index in [-0.39, 0.29) is 0 Å². The van der Waals surface area contributed by atoms with Gasteiger partial charge in [0.15, 0.2) is 0 Å². The van der Waals surface area contributed by atoms with Gasteiger partial charge in [0.25, 0.3) is 0 Å². The maximum atomic E-state index is 4.35. The Balaban J connectivity index is 0.000000537. The summed E-state index contributed by atoms with van der Waals surface area (Å²) in [5, 5.41) is 13.1. The molecule has 0 radical (unpaired) electrons. The fourth-order valence-corrected chi connectivity index (χ4v) is 4.61. The van der Waals surface area contributed by atoms with Crippen LogP contribution in [0.3, 0.4) is 0 Å². The number of rotatable bonds is 18. The Morgan fingerprint density at radius 2 is 0.854 bits per heavy atom. The monoisotopic (exact) mass is 597 g/mol. The van der Waals surface area contributed by atoms with Crippen LogP contribution in [-0.2, 0) is 26.9 Å². The van der Waals surface area contributed by atoms with Gasteiger partial charge in [-0.2, -0.15) is 0 Å². The van der Waals surface area contributed by atoms with Crippen molar-refractivity contribution < 1.29 is 20.4 Å². The van der Waals surface area contributed by atoms with E-state index in [1.807, 2.05) is 0 Å². The fraction of sp³-hybridized carbons (Fsp3) is 0.676. The Bertz CT molecular complexity index is 772. The molecule has 2 aromatic rings. The predicted octanol–water partition coefficient (Wildman–Crippen LogP) is 11.3. The second-order valence-corrected chi connectivity index (χ2v) is 11.6. The number of unbranched alkanes of at least 4 members (excludes halogenated alkanes) is 6. The molecule has 3 rings (SSSR count). The summed E-state index contributed by atoms with van der Waals surface area (Å²) >= 11 is 2.20. The van der Waals surface area contributed by atoms with E-state index in [0.29, 0.717) is 0 Å². The molecule has 2 aromatic carbocycles. The zero-order valence-corrected chi connectivity index (χ0v) is 29.4. The second-order valence-electron chi connectivity index (χ2n) is 10.8. The average Bonchev–Trinajstić information content (AvgIpc) is 3.38. The van der Waals surface area contributed by atoms with Crippen LogP contribution in [0.15, 0.2) is 42.5 Å². The van der Waals surface area contributed by atoms with Crippen molar-refractivity contribution in [1.82, 2.24) is 0 Å². The molecule has 41 heavy (non-hydrogen) atoms. The molecule has 0 saturated heterocycles. The van der Waals surface area contributed by atoms with Gasteiger partial charge in [-0.05, 0) is 0 Å². The summed E-state index contributed by atoms with van der Waals surface area (Å²) in [7, 11) is 0. The van der Waals surface area contributed by atoms with E-state index in [2.05, 4.69) is 120 Å². The van der Waals surface area contributed by atoms with E-state index in [9.17, 15) is 0 Å². The summed E-state index contributed by atoms with van der Waals surface area (Å²) < 4.78 is 1.42. The topological polar surface area (TPSA) is 42.3 Å². The first-order valence-electron chi connectivity index (χ1n) is 16.9. The van der Waals surface area contributed by atoms with Gasteiger partial charge in [-0.3, -0.25) is 0 Å². The summed E-state index contributed by atoms with van der Waals surface area (Å²) in [6.45, 7) is 19.7. The molecule has 0 spiro atoms. The summed E-state index contributed by atoms with van der Waals surface area (Å²) in [6.07, 6.45) is 16.4. The van der Waals surface area contributed by atoms with E-state index in [0.717, 1.165) is 45.7 Å². The quantitative estimate of drug-likeness (QED) is 0.103. The molecule has 1 aliphatic carbocycles. The molecule has 3 nitrogen and oxygen atoms in total. The molecule has 0 bridgehead atoms. The van der Waals surface area contributed by atoms with Gasteiger partial charge in [0, 0.05) is 0 Å². The maximum absolute atomic E-state index is 4.35. The minimum atomic E-state index is 1.08. The normalized spacial score (nSPS) is 10.8. The summed E-state index contributed by atoms with van der Waals surface area (Å²) in [5.74, 6) is 0. The molecule has 230 valence electrons. The molecular weight excluding hydrogens is 534 g/mol. The molecule has 0 heterocycles. The van der Waals surface area contributed by atoms with Crippen molar-refractivity contribution in [3.63, 3.8) is 0 Å². The molecule has 0 aromatic heterocycles. The number of benzene rings is 2. The van der Waals surface area contributed by atoms with Crippen LogP contribution in [-0.4, -0.2) is 39.3 Å². The molecule has 4 heteroatoms. The zero-order valence-electron chi connectivity index (χ0n) is 27.8. The van der Waals surface area contributed by atoms with Crippen LogP contribution in [0.25, 0.3) is 27.1 Å². The predicted molar refractivity (Wildman–Crippen MR) is 183 cm³/mol.